The Morgan fingerprint density at radius 2 is 1.61 bits per heavy atom. The first-order valence-electron chi connectivity index (χ1n) is 11.0. The van der Waals surface area contributed by atoms with Crippen LogP contribution in [0.15, 0.2) is 54.2 Å². The van der Waals surface area contributed by atoms with Gasteiger partial charge in [0.15, 0.2) is 11.5 Å². The molecule has 2 aliphatic heterocycles. The number of carbonyl (C=O) groups is 2. The first-order valence-corrected chi connectivity index (χ1v) is 11.0. The summed E-state index contributed by atoms with van der Waals surface area (Å²) in [7, 11) is 0. The molecule has 0 radical (unpaired) electrons. The first-order chi connectivity index (χ1) is 15.2. The van der Waals surface area contributed by atoms with E-state index in [0.29, 0.717) is 35.0 Å². The van der Waals surface area contributed by atoms with Crippen molar-refractivity contribution in [1.82, 2.24) is 4.90 Å². The number of hydrogen-bond acceptors (Lipinski definition) is 5. The van der Waals surface area contributed by atoms with Gasteiger partial charge in [-0.05, 0) is 24.1 Å². The average molecular weight is 421 g/mol. The molecule has 31 heavy (non-hydrogen) atoms. The standard InChI is InChI=1S/C25H28N2O4/c1-2-3-4-5-6-10-15-27-24(28)22(18-11-8-7-9-12-18)23(25(27)29)26-19-13-14-20-21(16-19)31-17-30-20/h7-9,11-14,16,26H,2-6,10,15,17H2,1H3. The van der Waals surface area contributed by atoms with E-state index in [4.69, 9.17) is 9.47 Å². The van der Waals surface area contributed by atoms with Crippen LogP contribution in [0.1, 0.15) is 51.0 Å². The lowest BCUT2D eigenvalue weighted by Gasteiger charge is -2.15. The number of benzene rings is 2. The fourth-order valence-electron chi connectivity index (χ4n) is 3.94. The lowest BCUT2D eigenvalue weighted by molar-refractivity contribution is -0.136. The van der Waals surface area contributed by atoms with Crippen molar-refractivity contribution in [3.63, 3.8) is 0 Å². The van der Waals surface area contributed by atoms with Gasteiger partial charge in [-0.25, -0.2) is 0 Å². The van der Waals surface area contributed by atoms with Crippen LogP contribution in [0.25, 0.3) is 5.57 Å². The van der Waals surface area contributed by atoms with Crippen molar-refractivity contribution in [1.29, 1.82) is 0 Å². The number of imide groups is 1. The van der Waals surface area contributed by atoms with Crippen molar-refractivity contribution < 1.29 is 19.1 Å². The summed E-state index contributed by atoms with van der Waals surface area (Å²) in [5, 5.41) is 3.18. The second-order valence-corrected chi connectivity index (χ2v) is 7.84. The van der Waals surface area contributed by atoms with Gasteiger partial charge in [-0.15, -0.1) is 0 Å². The SMILES string of the molecule is CCCCCCCCN1C(=O)C(Nc2ccc3c(c2)OCO3)=C(c2ccccc2)C1=O. The number of unbranched alkanes of at least 4 members (excludes halogenated alkanes) is 5. The highest BCUT2D eigenvalue weighted by molar-refractivity contribution is 6.36. The van der Waals surface area contributed by atoms with Gasteiger partial charge in [0, 0.05) is 18.3 Å². The number of amides is 2. The van der Waals surface area contributed by atoms with Gasteiger partial charge < -0.3 is 14.8 Å². The smallest absolute Gasteiger partial charge is 0.278 e. The van der Waals surface area contributed by atoms with E-state index >= 15 is 0 Å². The summed E-state index contributed by atoms with van der Waals surface area (Å²) < 4.78 is 10.8. The summed E-state index contributed by atoms with van der Waals surface area (Å²) in [5.74, 6) is 0.761. The maximum absolute atomic E-state index is 13.2. The van der Waals surface area contributed by atoms with Gasteiger partial charge in [0.25, 0.3) is 11.8 Å². The number of carbonyl (C=O) groups excluding carboxylic acids is 2. The third-order valence-corrected chi connectivity index (χ3v) is 5.61. The van der Waals surface area contributed by atoms with E-state index in [0.717, 1.165) is 24.8 Å². The zero-order chi connectivity index (χ0) is 21.6. The van der Waals surface area contributed by atoms with Crippen molar-refractivity contribution in [2.45, 2.75) is 45.4 Å². The maximum atomic E-state index is 13.2. The number of nitrogens with zero attached hydrogens (tertiary/aromatic N) is 1. The molecule has 2 aromatic carbocycles. The molecule has 0 saturated carbocycles. The second kappa shape index (κ2) is 9.69. The van der Waals surface area contributed by atoms with Gasteiger partial charge in [0.2, 0.25) is 6.79 Å². The molecule has 0 unspecified atom stereocenters. The molecule has 0 atom stereocenters. The fraction of sp³-hybridized carbons (Fsp3) is 0.360. The van der Waals surface area contributed by atoms with Crippen LogP contribution in [0.5, 0.6) is 11.5 Å². The van der Waals surface area contributed by atoms with Crippen molar-refractivity contribution in [2.75, 3.05) is 18.7 Å². The summed E-state index contributed by atoms with van der Waals surface area (Å²) in [6, 6.07) is 14.7. The molecule has 2 heterocycles. The number of fused-ring (bicyclic) bond motifs is 1. The molecule has 0 saturated heterocycles. The van der Waals surface area contributed by atoms with Crippen LogP contribution in [-0.2, 0) is 9.59 Å². The van der Waals surface area contributed by atoms with E-state index in [1.165, 1.54) is 24.2 Å². The van der Waals surface area contributed by atoms with Crippen LogP contribution < -0.4 is 14.8 Å². The Balaban J connectivity index is 1.54. The Hall–Kier alpha value is -3.28. The van der Waals surface area contributed by atoms with Gasteiger partial charge in [0.1, 0.15) is 5.70 Å². The molecular formula is C25H28N2O4. The molecule has 2 amide bonds. The Morgan fingerprint density at radius 3 is 2.42 bits per heavy atom. The lowest BCUT2D eigenvalue weighted by Crippen LogP contribution is -2.33. The highest BCUT2D eigenvalue weighted by Crippen LogP contribution is 2.36. The third kappa shape index (κ3) is 4.58. The van der Waals surface area contributed by atoms with Crippen LogP contribution in [0.4, 0.5) is 5.69 Å². The summed E-state index contributed by atoms with van der Waals surface area (Å²) in [4.78, 5) is 27.8. The lowest BCUT2D eigenvalue weighted by atomic mass is 10.0. The summed E-state index contributed by atoms with van der Waals surface area (Å²) in [5.41, 5.74) is 2.13. The van der Waals surface area contributed by atoms with E-state index in [2.05, 4.69) is 12.2 Å². The Morgan fingerprint density at radius 1 is 0.871 bits per heavy atom. The molecule has 0 bridgehead atoms. The average Bonchev–Trinajstić information content (AvgIpc) is 3.34. The van der Waals surface area contributed by atoms with E-state index in [-0.39, 0.29) is 18.6 Å². The molecule has 2 aromatic rings. The van der Waals surface area contributed by atoms with Crippen LogP contribution in [0, 0.1) is 0 Å². The maximum Gasteiger partial charge on any atom is 0.278 e. The van der Waals surface area contributed by atoms with E-state index in [1.54, 1.807) is 12.1 Å². The molecule has 6 nitrogen and oxygen atoms in total. The topological polar surface area (TPSA) is 67.9 Å². The van der Waals surface area contributed by atoms with Crippen molar-refractivity contribution in [3.05, 3.63) is 59.8 Å². The van der Waals surface area contributed by atoms with Crippen molar-refractivity contribution in [2.24, 2.45) is 0 Å². The Bertz CT molecular complexity index is 984. The predicted octanol–water partition coefficient (Wildman–Crippen LogP) is 4.97. The fourth-order valence-corrected chi connectivity index (χ4v) is 3.94. The molecule has 0 fully saturated rings. The molecule has 1 N–H and O–H groups in total. The minimum Gasteiger partial charge on any atom is -0.454 e. The highest BCUT2D eigenvalue weighted by atomic mass is 16.7. The van der Waals surface area contributed by atoms with Crippen LogP contribution >= 0.6 is 0 Å². The zero-order valence-corrected chi connectivity index (χ0v) is 17.9. The zero-order valence-electron chi connectivity index (χ0n) is 17.9. The van der Waals surface area contributed by atoms with E-state index < -0.39 is 0 Å². The molecular weight excluding hydrogens is 392 g/mol. The predicted molar refractivity (Wildman–Crippen MR) is 120 cm³/mol. The summed E-state index contributed by atoms with van der Waals surface area (Å²) in [6.07, 6.45) is 6.59. The van der Waals surface area contributed by atoms with Gasteiger partial charge >= 0.3 is 0 Å². The summed E-state index contributed by atoms with van der Waals surface area (Å²) >= 11 is 0. The summed E-state index contributed by atoms with van der Waals surface area (Å²) in [6.45, 7) is 2.81. The largest absolute Gasteiger partial charge is 0.454 e. The first kappa shape index (κ1) is 21.0. The Kier molecular flexibility index (Phi) is 6.55. The van der Waals surface area contributed by atoms with Crippen molar-refractivity contribution in [3.8, 4) is 11.5 Å². The van der Waals surface area contributed by atoms with Crippen LogP contribution in [0.3, 0.4) is 0 Å². The van der Waals surface area contributed by atoms with E-state index in [1.807, 2.05) is 36.4 Å². The molecule has 0 spiro atoms. The third-order valence-electron chi connectivity index (χ3n) is 5.61. The number of anilines is 1. The molecule has 4 rings (SSSR count). The van der Waals surface area contributed by atoms with Gasteiger partial charge in [-0.3, -0.25) is 14.5 Å². The number of ether oxygens (including phenoxy) is 2. The van der Waals surface area contributed by atoms with Crippen LogP contribution in [0.2, 0.25) is 0 Å². The normalized spacial score (nSPS) is 15.2. The number of hydrogen-bond donors (Lipinski definition) is 1. The molecule has 0 aliphatic carbocycles. The molecule has 6 heteroatoms. The minimum atomic E-state index is -0.282. The number of nitrogens with one attached hydrogen (secondary N) is 1. The minimum absolute atomic E-state index is 0.181. The van der Waals surface area contributed by atoms with Gasteiger partial charge in [-0.1, -0.05) is 69.4 Å². The van der Waals surface area contributed by atoms with Gasteiger partial charge in [-0.2, -0.15) is 0 Å². The number of rotatable bonds is 10. The van der Waals surface area contributed by atoms with Crippen LogP contribution in [-0.4, -0.2) is 30.1 Å². The molecule has 2 aliphatic rings. The van der Waals surface area contributed by atoms with Crippen molar-refractivity contribution >= 4 is 23.1 Å². The van der Waals surface area contributed by atoms with E-state index in [9.17, 15) is 9.59 Å². The van der Waals surface area contributed by atoms with Gasteiger partial charge in [0.05, 0.1) is 5.57 Å². The molecule has 0 aromatic heterocycles. The monoisotopic (exact) mass is 420 g/mol. The molecule has 162 valence electrons. The Labute approximate surface area is 182 Å². The highest BCUT2D eigenvalue weighted by Gasteiger charge is 2.38. The quantitative estimate of drug-likeness (QED) is 0.434. The second-order valence-electron chi connectivity index (χ2n) is 7.84.